The van der Waals surface area contributed by atoms with Gasteiger partial charge in [0.2, 0.25) is 0 Å². The predicted molar refractivity (Wildman–Crippen MR) is 79.3 cm³/mol. The third kappa shape index (κ3) is 1.42. The molecule has 0 spiro atoms. The number of hydrogen-bond donors (Lipinski definition) is 0. The highest BCUT2D eigenvalue weighted by Gasteiger charge is 2.21. The maximum Gasteiger partial charge on any atom is 0.0941 e. The summed E-state index contributed by atoms with van der Waals surface area (Å²) >= 11 is 15.7. The number of fused-ring (bicyclic) bond motifs is 6. The first-order chi connectivity index (χ1) is 8.24. The van der Waals surface area contributed by atoms with Gasteiger partial charge < -0.3 is 0 Å². The Balaban J connectivity index is 2.32. The molecule has 0 N–H and O–H groups in total. The van der Waals surface area contributed by atoms with Crippen molar-refractivity contribution in [3.63, 3.8) is 0 Å². The van der Waals surface area contributed by atoms with Crippen LogP contribution in [0, 0.1) is 0 Å². The van der Waals surface area contributed by atoms with Crippen molar-refractivity contribution in [2.45, 2.75) is 19.3 Å². The van der Waals surface area contributed by atoms with E-state index in [-0.39, 0.29) is 0 Å². The van der Waals surface area contributed by atoms with Crippen molar-refractivity contribution in [2.75, 3.05) is 0 Å². The Labute approximate surface area is 117 Å². The molecule has 0 atom stereocenters. The lowest BCUT2D eigenvalue weighted by Crippen LogP contribution is -1.83. The van der Waals surface area contributed by atoms with E-state index in [4.69, 9.17) is 23.2 Å². The minimum Gasteiger partial charge on any atom is -0.122 e. The van der Waals surface area contributed by atoms with E-state index in [2.05, 4.69) is 12.1 Å². The third-order valence-corrected chi connectivity index (χ3v) is 6.17. The Morgan fingerprint density at radius 3 is 1.76 bits per heavy atom. The fraction of sp³-hybridized carbons (Fsp3) is 0.231. The lowest BCUT2D eigenvalue weighted by Gasteiger charge is -2.03. The van der Waals surface area contributed by atoms with Crippen LogP contribution in [0.2, 0.25) is 8.67 Å². The fourth-order valence-corrected chi connectivity index (χ4v) is 5.51. The number of benzene rings is 1. The second kappa shape index (κ2) is 3.61. The van der Waals surface area contributed by atoms with Gasteiger partial charge in [-0.25, -0.2) is 0 Å². The number of thiophene rings is 2. The molecule has 0 saturated carbocycles. The minimum atomic E-state index is 0.881. The molecular formula is C13H8Cl2S2. The molecule has 0 radical (unpaired) electrons. The molecule has 0 amide bonds. The van der Waals surface area contributed by atoms with Crippen LogP contribution in [0.5, 0.6) is 0 Å². The molecule has 2 aromatic heterocycles. The standard InChI is InChI=1S/C13H8Cl2S2/c14-10-4-8-6-2-1-3-7(6)9-5-11(15)17-13(9)12(8)16-10/h4-5H,1-3H2. The van der Waals surface area contributed by atoms with Crippen LogP contribution in [0.25, 0.3) is 20.2 Å². The van der Waals surface area contributed by atoms with Gasteiger partial charge in [-0.3, -0.25) is 0 Å². The molecule has 86 valence electrons. The first-order valence-corrected chi connectivity index (χ1v) is 7.95. The zero-order valence-corrected chi connectivity index (χ0v) is 12.0. The van der Waals surface area contributed by atoms with Gasteiger partial charge in [0.15, 0.2) is 0 Å². The monoisotopic (exact) mass is 298 g/mol. The maximum absolute atomic E-state index is 6.18. The first kappa shape index (κ1) is 10.6. The van der Waals surface area contributed by atoms with Gasteiger partial charge in [-0.1, -0.05) is 23.2 Å². The fourth-order valence-electron chi connectivity index (χ4n) is 2.85. The van der Waals surface area contributed by atoms with E-state index >= 15 is 0 Å². The molecule has 1 aliphatic carbocycles. The van der Waals surface area contributed by atoms with Crippen LogP contribution in [0.1, 0.15) is 17.5 Å². The van der Waals surface area contributed by atoms with Crippen LogP contribution in [-0.4, -0.2) is 0 Å². The topological polar surface area (TPSA) is 0 Å². The van der Waals surface area contributed by atoms with Gasteiger partial charge in [-0.2, -0.15) is 0 Å². The van der Waals surface area contributed by atoms with Gasteiger partial charge in [-0.15, -0.1) is 22.7 Å². The van der Waals surface area contributed by atoms with Crippen molar-refractivity contribution < 1.29 is 0 Å². The molecule has 3 aromatic rings. The molecule has 0 aliphatic heterocycles. The van der Waals surface area contributed by atoms with Crippen molar-refractivity contribution in [1.29, 1.82) is 0 Å². The van der Waals surface area contributed by atoms with Gasteiger partial charge in [0.05, 0.1) is 18.1 Å². The average molecular weight is 299 g/mol. The minimum absolute atomic E-state index is 0.881. The van der Waals surface area contributed by atoms with Crippen LogP contribution < -0.4 is 0 Å². The Bertz CT molecular complexity index is 688. The third-order valence-electron chi connectivity index (χ3n) is 3.48. The Kier molecular flexibility index (Phi) is 2.26. The van der Waals surface area contributed by atoms with E-state index in [1.165, 1.54) is 50.6 Å². The zero-order valence-electron chi connectivity index (χ0n) is 8.85. The van der Waals surface area contributed by atoms with Crippen LogP contribution in [0.3, 0.4) is 0 Å². The van der Waals surface area contributed by atoms with E-state index in [9.17, 15) is 0 Å². The van der Waals surface area contributed by atoms with Crippen molar-refractivity contribution in [1.82, 2.24) is 0 Å². The molecule has 4 heteroatoms. The van der Waals surface area contributed by atoms with E-state index in [0.717, 1.165) is 8.67 Å². The number of rotatable bonds is 0. The van der Waals surface area contributed by atoms with Gasteiger partial charge >= 0.3 is 0 Å². The molecule has 4 rings (SSSR count). The summed E-state index contributed by atoms with van der Waals surface area (Å²) in [7, 11) is 0. The van der Waals surface area contributed by atoms with E-state index in [1.807, 2.05) is 0 Å². The molecule has 0 nitrogen and oxygen atoms in total. The lowest BCUT2D eigenvalue weighted by atomic mass is 10.0. The highest BCUT2D eigenvalue weighted by Crippen LogP contribution is 2.46. The molecule has 1 aliphatic rings. The molecule has 0 fully saturated rings. The summed E-state index contributed by atoms with van der Waals surface area (Å²) in [5, 5.41) is 2.72. The quantitative estimate of drug-likeness (QED) is 0.484. The average Bonchev–Trinajstić information content (AvgIpc) is 2.91. The SMILES string of the molecule is Clc1cc2c3c(c4cc(Cl)sc4c2s1)CCC3. The van der Waals surface area contributed by atoms with Crippen LogP contribution >= 0.6 is 45.9 Å². The highest BCUT2D eigenvalue weighted by atomic mass is 35.5. The van der Waals surface area contributed by atoms with Crippen molar-refractivity contribution in [3.8, 4) is 0 Å². The van der Waals surface area contributed by atoms with Crippen molar-refractivity contribution >= 4 is 66.0 Å². The second-order valence-electron chi connectivity index (χ2n) is 4.40. The summed E-state index contributed by atoms with van der Waals surface area (Å²) < 4.78 is 4.40. The zero-order chi connectivity index (χ0) is 11.6. The number of hydrogen-bond acceptors (Lipinski definition) is 2. The van der Waals surface area contributed by atoms with E-state index < -0.39 is 0 Å². The van der Waals surface area contributed by atoms with E-state index in [1.54, 1.807) is 22.7 Å². The predicted octanol–water partition coefficient (Wildman–Crippen LogP) is 5.91. The summed E-state index contributed by atoms with van der Waals surface area (Å²) in [6.07, 6.45) is 3.62. The highest BCUT2D eigenvalue weighted by molar-refractivity contribution is 7.30. The molecular weight excluding hydrogens is 291 g/mol. The van der Waals surface area contributed by atoms with Gasteiger partial charge in [0, 0.05) is 0 Å². The lowest BCUT2D eigenvalue weighted by molar-refractivity contribution is 0.915. The van der Waals surface area contributed by atoms with E-state index in [0.29, 0.717) is 0 Å². The Hall–Kier alpha value is -0.280. The number of halogens is 2. The van der Waals surface area contributed by atoms with Crippen LogP contribution in [-0.2, 0) is 12.8 Å². The van der Waals surface area contributed by atoms with Gasteiger partial charge in [-0.05, 0) is 53.3 Å². The molecule has 17 heavy (non-hydrogen) atoms. The smallest absolute Gasteiger partial charge is 0.0941 e. The van der Waals surface area contributed by atoms with Crippen LogP contribution in [0.15, 0.2) is 12.1 Å². The summed E-state index contributed by atoms with van der Waals surface area (Å²) in [5.74, 6) is 0. The first-order valence-electron chi connectivity index (χ1n) is 5.56. The Morgan fingerprint density at radius 1 is 0.824 bits per heavy atom. The van der Waals surface area contributed by atoms with Crippen molar-refractivity contribution in [3.05, 3.63) is 31.9 Å². The molecule has 0 bridgehead atoms. The molecule has 2 heterocycles. The van der Waals surface area contributed by atoms with Gasteiger partial charge in [0.25, 0.3) is 0 Å². The molecule has 1 aromatic carbocycles. The van der Waals surface area contributed by atoms with Crippen molar-refractivity contribution in [2.24, 2.45) is 0 Å². The second-order valence-corrected chi connectivity index (χ2v) is 7.76. The molecule has 0 unspecified atom stereocenters. The number of aryl methyl sites for hydroxylation is 2. The summed E-state index contributed by atoms with van der Waals surface area (Å²) in [5.41, 5.74) is 3.01. The Morgan fingerprint density at radius 2 is 1.29 bits per heavy atom. The largest absolute Gasteiger partial charge is 0.122 e. The summed E-state index contributed by atoms with van der Waals surface area (Å²) in [6.45, 7) is 0. The maximum atomic E-state index is 6.18. The van der Waals surface area contributed by atoms with Gasteiger partial charge in [0.1, 0.15) is 0 Å². The summed E-state index contributed by atoms with van der Waals surface area (Å²) in [6, 6.07) is 4.25. The normalized spacial score (nSPS) is 14.9. The summed E-state index contributed by atoms with van der Waals surface area (Å²) in [4.78, 5) is 0. The molecule has 0 saturated heterocycles. The van der Waals surface area contributed by atoms with Crippen LogP contribution in [0.4, 0.5) is 0 Å².